The lowest BCUT2D eigenvalue weighted by Gasteiger charge is -2.23. The van der Waals surface area contributed by atoms with Crippen molar-refractivity contribution in [3.8, 4) is 6.07 Å². The zero-order chi connectivity index (χ0) is 11.2. The van der Waals surface area contributed by atoms with Gasteiger partial charge in [-0.3, -0.25) is 4.79 Å². The highest BCUT2D eigenvalue weighted by molar-refractivity contribution is 5.81. The Morgan fingerprint density at radius 3 is 2.50 bits per heavy atom. The Kier molecular flexibility index (Phi) is 5.18. The van der Waals surface area contributed by atoms with Crippen molar-refractivity contribution in [2.75, 3.05) is 6.54 Å². The van der Waals surface area contributed by atoms with E-state index in [9.17, 15) is 4.79 Å². The number of carbonyl (C=O) groups is 1. The molecule has 0 fully saturated rings. The molecule has 0 heterocycles. The first-order valence-electron chi connectivity index (χ1n) is 4.79. The highest BCUT2D eigenvalue weighted by Crippen LogP contribution is 1.99. The maximum absolute atomic E-state index is 11.5. The van der Waals surface area contributed by atoms with Gasteiger partial charge in [-0.25, -0.2) is 0 Å². The molecule has 0 aromatic heterocycles. The maximum atomic E-state index is 11.5. The fraction of sp³-hybridized carbons (Fsp3) is 0.800. The topological polar surface area (TPSA) is 64.9 Å². The van der Waals surface area contributed by atoms with Crippen molar-refractivity contribution < 1.29 is 4.79 Å². The average molecular weight is 197 g/mol. The number of hydrogen-bond donors (Lipinski definition) is 2. The Labute approximate surface area is 85.7 Å². The van der Waals surface area contributed by atoms with E-state index in [1.807, 2.05) is 26.8 Å². The lowest BCUT2D eigenvalue weighted by Crippen LogP contribution is -2.49. The van der Waals surface area contributed by atoms with Gasteiger partial charge in [0.15, 0.2) is 0 Å². The largest absolute Gasteiger partial charge is 0.350 e. The van der Waals surface area contributed by atoms with Crippen LogP contribution in [0, 0.1) is 11.3 Å². The van der Waals surface area contributed by atoms with Crippen LogP contribution >= 0.6 is 0 Å². The van der Waals surface area contributed by atoms with E-state index < -0.39 is 0 Å². The van der Waals surface area contributed by atoms with Crippen molar-refractivity contribution in [3.63, 3.8) is 0 Å². The summed E-state index contributed by atoms with van der Waals surface area (Å²) in [4.78, 5) is 11.5. The molecule has 1 atom stereocenters. The minimum absolute atomic E-state index is 0.0320. The molecule has 0 aliphatic heterocycles. The molecule has 1 unspecified atom stereocenters. The van der Waals surface area contributed by atoms with E-state index in [1.165, 1.54) is 0 Å². The zero-order valence-corrected chi connectivity index (χ0v) is 9.35. The Balaban J connectivity index is 3.84. The molecule has 0 radical (unpaired) electrons. The van der Waals surface area contributed by atoms with Gasteiger partial charge in [-0.05, 0) is 27.7 Å². The van der Waals surface area contributed by atoms with Crippen LogP contribution in [0.3, 0.4) is 0 Å². The highest BCUT2D eigenvalue weighted by atomic mass is 16.2. The van der Waals surface area contributed by atoms with Gasteiger partial charge < -0.3 is 10.6 Å². The van der Waals surface area contributed by atoms with Gasteiger partial charge in [-0.2, -0.15) is 5.26 Å². The number of hydrogen-bond acceptors (Lipinski definition) is 3. The summed E-state index contributed by atoms with van der Waals surface area (Å²) in [5.74, 6) is -0.0320. The van der Waals surface area contributed by atoms with Gasteiger partial charge in [0.2, 0.25) is 5.91 Å². The molecule has 0 aromatic carbocycles. The molecule has 0 aliphatic rings. The number of nitriles is 1. The molecule has 2 N–H and O–H groups in total. The van der Waals surface area contributed by atoms with Crippen molar-refractivity contribution in [1.82, 2.24) is 10.6 Å². The average Bonchev–Trinajstić information content (AvgIpc) is 2.01. The fourth-order valence-corrected chi connectivity index (χ4v) is 0.915. The summed E-state index contributed by atoms with van der Waals surface area (Å²) < 4.78 is 0. The summed E-state index contributed by atoms with van der Waals surface area (Å²) in [6, 6.07) is 1.77. The second-order valence-electron chi connectivity index (χ2n) is 4.32. The smallest absolute Gasteiger partial charge is 0.237 e. The summed E-state index contributed by atoms with van der Waals surface area (Å²) in [6.45, 7) is 8.15. The van der Waals surface area contributed by atoms with E-state index in [0.717, 1.165) is 0 Å². The Bertz CT molecular complexity index is 225. The first-order valence-corrected chi connectivity index (χ1v) is 4.79. The summed E-state index contributed by atoms with van der Waals surface area (Å²) in [6.07, 6.45) is 0.424. The third-order valence-corrected chi connectivity index (χ3v) is 1.58. The van der Waals surface area contributed by atoms with Gasteiger partial charge in [0, 0.05) is 18.5 Å². The Hall–Kier alpha value is -1.08. The molecular formula is C10H19N3O. The minimum atomic E-state index is -0.248. The van der Waals surface area contributed by atoms with E-state index in [1.54, 1.807) is 6.92 Å². The predicted octanol–water partition coefficient (Wildman–Crippen LogP) is 0.793. The molecule has 0 aliphatic carbocycles. The number of carbonyl (C=O) groups excluding carboxylic acids is 1. The molecule has 14 heavy (non-hydrogen) atoms. The molecule has 0 bridgehead atoms. The van der Waals surface area contributed by atoms with Gasteiger partial charge >= 0.3 is 0 Å². The van der Waals surface area contributed by atoms with Crippen LogP contribution in [0.15, 0.2) is 0 Å². The van der Waals surface area contributed by atoms with E-state index in [2.05, 4.69) is 10.6 Å². The molecule has 0 saturated heterocycles. The van der Waals surface area contributed by atoms with Gasteiger partial charge in [0.25, 0.3) is 0 Å². The molecule has 0 saturated carbocycles. The number of amides is 1. The lowest BCUT2D eigenvalue weighted by molar-refractivity contribution is -0.124. The minimum Gasteiger partial charge on any atom is -0.350 e. The third kappa shape index (κ3) is 6.44. The van der Waals surface area contributed by atoms with Crippen LogP contribution in [0.4, 0.5) is 0 Å². The first-order chi connectivity index (χ1) is 6.37. The number of nitrogens with zero attached hydrogens (tertiary/aromatic N) is 1. The molecule has 0 spiro atoms. The molecule has 80 valence electrons. The zero-order valence-electron chi connectivity index (χ0n) is 9.35. The van der Waals surface area contributed by atoms with Crippen LogP contribution in [-0.2, 0) is 4.79 Å². The first kappa shape index (κ1) is 12.9. The second-order valence-corrected chi connectivity index (χ2v) is 4.32. The van der Waals surface area contributed by atoms with Crippen molar-refractivity contribution >= 4 is 5.91 Å². The quantitative estimate of drug-likeness (QED) is 0.655. The van der Waals surface area contributed by atoms with Crippen LogP contribution in [-0.4, -0.2) is 24.0 Å². The summed E-state index contributed by atoms with van der Waals surface area (Å²) in [5.41, 5.74) is -0.206. The molecule has 4 nitrogen and oxygen atoms in total. The summed E-state index contributed by atoms with van der Waals surface area (Å²) in [5, 5.41) is 14.1. The van der Waals surface area contributed by atoms with E-state index in [4.69, 9.17) is 5.26 Å². The Morgan fingerprint density at radius 2 is 2.07 bits per heavy atom. The van der Waals surface area contributed by atoms with Crippen LogP contribution in [0.2, 0.25) is 0 Å². The van der Waals surface area contributed by atoms with Crippen molar-refractivity contribution in [3.05, 3.63) is 0 Å². The summed E-state index contributed by atoms with van der Waals surface area (Å²) in [7, 11) is 0. The maximum Gasteiger partial charge on any atom is 0.237 e. The lowest BCUT2D eigenvalue weighted by atomic mass is 10.1. The van der Waals surface area contributed by atoms with Crippen LogP contribution in [0.5, 0.6) is 0 Å². The fourth-order valence-electron chi connectivity index (χ4n) is 0.915. The molecule has 1 amide bonds. The van der Waals surface area contributed by atoms with Gasteiger partial charge in [-0.1, -0.05) is 0 Å². The molecular weight excluding hydrogens is 178 g/mol. The SMILES string of the molecule is CC(NCCC#N)C(=O)NC(C)(C)C. The van der Waals surface area contributed by atoms with E-state index in [0.29, 0.717) is 13.0 Å². The molecule has 0 rings (SSSR count). The number of nitrogens with one attached hydrogen (secondary N) is 2. The predicted molar refractivity (Wildman–Crippen MR) is 55.6 cm³/mol. The van der Waals surface area contributed by atoms with Gasteiger partial charge in [0.1, 0.15) is 0 Å². The highest BCUT2D eigenvalue weighted by Gasteiger charge is 2.18. The standard InChI is InChI=1S/C10H19N3O/c1-8(12-7-5-6-11)9(14)13-10(2,3)4/h8,12H,5,7H2,1-4H3,(H,13,14). The van der Waals surface area contributed by atoms with E-state index >= 15 is 0 Å². The van der Waals surface area contributed by atoms with Crippen LogP contribution in [0.1, 0.15) is 34.1 Å². The van der Waals surface area contributed by atoms with Gasteiger partial charge in [-0.15, -0.1) is 0 Å². The van der Waals surface area contributed by atoms with Crippen LogP contribution in [0.25, 0.3) is 0 Å². The van der Waals surface area contributed by atoms with Crippen molar-refractivity contribution in [1.29, 1.82) is 5.26 Å². The van der Waals surface area contributed by atoms with E-state index in [-0.39, 0.29) is 17.5 Å². The second kappa shape index (κ2) is 5.61. The van der Waals surface area contributed by atoms with Crippen molar-refractivity contribution in [2.24, 2.45) is 0 Å². The van der Waals surface area contributed by atoms with Crippen molar-refractivity contribution in [2.45, 2.75) is 45.7 Å². The van der Waals surface area contributed by atoms with Gasteiger partial charge in [0.05, 0.1) is 12.1 Å². The number of rotatable bonds is 4. The molecule has 0 aromatic rings. The molecule has 4 heteroatoms. The summed E-state index contributed by atoms with van der Waals surface area (Å²) >= 11 is 0. The van der Waals surface area contributed by atoms with Crippen LogP contribution < -0.4 is 10.6 Å². The normalized spacial score (nSPS) is 13.1. The monoisotopic (exact) mass is 197 g/mol. The third-order valence-electron chi connectivity index (χ3n) is 1.58. The Morgan fingerprint density at radius 1 is 1.50 bits per heavy atom.